The van der Waals surface area contributed by atoms with Crippen LogP contribution in [0.5, 0.6) is 0 Å². The highest BCUT2D eigenvalue weighted by Crippen LogP contribution is 2.30. The fourth-order valence-corrected chi connectivity index (χ4v) is 4.67. The first-order valence-electron chi connectivity index (χ1n) is 8.65. The van der Waals surface area contributed by atoms with Crippen LogP contribution in [0.25, 0.3) is 0 Å². The molecule has 1 heterocycles. The van der Waals surface area contributed by atoms with Gasteiger partial charge < -0.3 is 4.90 Å². The van der Waals surface area contributed by atoms with Crippen LogP contribution >= 0.6 is 11.3 Å². The zero-order valence-corrected chi connectivity index (χ0v) is 13.7. The average Bonchev–Trinajstić information content (AvgIpc) is 3.19. The van der Waals surface area contributed by atoms with Crippen molar-refractivity contribution in [2.24, 2.45) is 5.92 Å². The maximum atomic E-state index is 12.9. The summed E-state index contributed by atoms with van der Waals surface area (Å²) in [5.74, 6) is 1.07. The number of carbonyl (C=O) groups is 1. The molecular formula is C18H27NOS. The molecule has 0 radical (unpaired) electrons. The monoisotopic (exact) mass is 305 g/mol. The molecule has 2 saturated carbocycles. The van der Waals surface area contributed by atoms with Crippen LogP contribution in [0.2, 0.25) is 0 Å². The maximum absolute atomic E-state index is 12.9. The third-order valence-corrected chi connectivity index (χ3v) is 6.04. The van der Waals surface area contributed by atoms with E-state index in [2.05, 4.69) is 22.4 Å². The highest BCUT2D eigenvalue weighted by molar-refractivity contribution is 7.09. The third-order valence-electron chi connectivity index (χ3n) is 5.18. The number of carbonyl (C=O) groups excluding carboxylic acids is 1. The summed E-state index contributed by atoms with van der Waals surface area (Å²) in [6, 6.07) is 4.77. The lowest BCUT2D eigenvalue weighted by atomic mass is 9.86. The van der Waals surface area contributed by atoms with Crippen LogP contribution in [0.1, 0.15) is 69.1 Å². The van der Waals surface area contributed by atoms with E-state index in [1.807, 2.05) is 0 Å². The summed E-state index contributed by atoms with van der Waals surface area (Å²) in [5, 5.41) is 2.12. The van der Waals surface area contributed by atoms with Gasteiger partial charge in [0, 0.05) is 17.3 Å². The molecule has 116 valence electrons. The Kier molecular flexibility index (Phi) is 5.34. The third kappa shape index (κ3) is 4.09. The fourth-order valence-electron chi connectivity index (χ4n) is 3.96. The molecule has 0 spiro atoms. The van der Waals surface area contributed by atoms with Crippen molar-refractivity contribution in [2.75, 3.05) is 0 Å². The van der Waals surface area contributed by atoms with E-state index in [1.165, 1.54) is 62.7 Å². The number of amides is 1. The maximum Gasteiger partial charge on any atom is 0.223 e. The highest BCUT2D eigenvalue weighted by Gasteiger charge is 2.28. The molecule has 0 bridgehead atoms. The first kappa shape index (κ1) is 15.1. The minimum Gasteiger partial charge on any atom is -0.335 e. The van der Waals surface area contributed by atoms with Gasteiger partial charge in [0.25, 0.3) is 0 Å². The molecule has 3 rings (SSSR count). The Morgan fingerprint density at radius 3 is 2.48 bits per heavy atom. The minimum atomic E-state index is 0.419. The van der Waals surface area contributed by atoms with Crippen molar-refractivity contribution in [3.8, 4) is 0 Å². The molecule has 0 aromatic carbocycles. The first-order valence-corrected chi connectivity index (χ1v) is 9.53. The Hall–Kier alpha value is -0.830. The van der Waals surface area contributed by atoms with Crippen molar-refractivity contribution >= 4 is 17.2 Å². The van der Waals surface area contributed by atoms with E-state index in [4.69, 9.17) is 0 Å². The lowest BCUT2D eigenvalue weighted by molar-refractivity contribution is -0.135. The van der Waals surface area contributed by atoms with E-state index >= 15 is 0 Å². The van der Waals surface area contributed by atoms with Gasteiger partial charge >= 0.3 is 0 Å². The molecular weight excluding hydrogens is 278 g/mol. The molecule has 0 unspecified atom stereocenters. The Bertz CT molecular complexity index is 430. The Morgan fingerprint density at radius 1 is 1.10 bits per heavy atom. The number of rotatable bonds is 5. The highest BCUT2D eigenvalue weighted by atomic mass is 32.1. The van der Waals surface area contributed by atoms with E-state index < -0.39 is 0 Å². The molecule has 1 aromatic rings. The van der Waals surface area contributed by atoms with Gasteiger partial charge in [-0.2, -0.15) is 0 Å². The van der Waals surface area contributed by atoms with Gasteiger partial charge in [-0.05, 0) is 43.0 Å². The van der Waals surface area contributed by atoms with E-state index in [0.29, 0.717) is 17.9 Å². The summed E-state index contributed by atoms with van der Waals surface area (Å²) >= 11 is 1.78. The molecule has 21 heavy (non-hydrogen) atoms. The minimum absolute atomic E-state index is 0.419. The van der Waals surface area contributed by atoms with Crippen molar-refractivity contribution in [1.29, 1.82) is 0 Å². The fraction of sp³-hybridized carbons (Fsp3) is 0.722. The summed E-state index contributed by atoms with van der Waals surface area (Å²) in [4.78, 5) is 16.4. The van der Waals surface area contributed by atoms with Gasteiger partial charge in [0.05, 0.1) is 6.54 Å². The van der Waals surface area contributed by atoms with E-state index in [1.54, 1.807) is 11.3 Å². The van der Waals surface area contributed by atoms with E-state index in [0.717, 1.165) is 13.0 Å². The molecule has 2 aliphatic carbocycles. The Balaban J connectivity index is 1.63. The molecule has 0 aliphatic heterocycles. The molecule has 2 aliphatic rings. The van der Waals surface area contributed by atoms with Crippen LogP contribution < -0.4 is 0 Å². The Labute approximate surface area is 132 Å². The predicted octanol–water partition coefficient (Wildman–Crippen LogP) is 4.99. The van der Waals surface area contributed by atoms with Gasteiger partial charge in [-0.25, -0.2) is 0 Å². The number of thiophene rings is 1. The zero-order valence-electron chi connectivity index (χ0n) is 12.9. The lowest BCUT2D eigenvalue weighted by Crippen LogP contribution is -2.39. The SMILES string of the molecule is O=C(CC1CCCCC1)N(Cc1cccs1)C1CCCC1. The van der Waals surface area contributed by atoms with Crippen LogP contribution in [0.3, 0.4) is 0 Å². The van der Waals surface area contributed by atoms with Crippen LogP contribution in [-0.4, -0.2) is 16.8 Å². The molecule has 1 aromatic heterocycles. The van der Waals surface area contributed by atoms with Crippen LogP contribution in [0.4, 0.5) is 0 Å². The molecule has 3 heteroatoms. The van der Waals surface area contributed by atoms with Crippen molar-refractivity contribution in [1.82, 2.24) is 4.90 Å². The second-order valence-electron chi connectivity index (χ2n) is 6.75. The van der Waals surface area contributed by atoms with E-state index in [-0.39, 0.29) is 0 Å². The van der Waals surface area contributed by atoms with E-state index in [9.17, 15) is 4.79 Å². The normalized spacial score (nSPS) is 20.8. The van der Waals surface area contributed by atoms with Gasteiger partial charge in [-0.15, -0.1) is 11.3 Å². The quantitative estimate of drug-likeness (QED) is 0.750. The molecule has 2 fully saturated rings. The van der Waals surface area contributed by atoms with Crippen molar-refractivity contribution in [2.45, 2.75) is 76.8 Å². The van der Waals surface area contributed by atoms with Gasteiger partial charge in [0.15, 0.2) is 0 Å². The average molecular weight is 305 g/mol. The van der Waals surface area contributed by atoms with Gasteiger partial charge in [0.2, 0.25) is 5.91 Å². The molecule has 0 saturated heterocycles. The topological polar surface area (TPSA) is 20.3 Å². The van der Waals surface area contributed by atoms with Crippen molar-refractivity contribution in [3.63, 3.8) is 0 Å². The largest absolute Gasteiger partial charge is 0.335 e. The molecule has 0 atom stereocenters. The van der Waals surface area contributed by atoms with Crippen molar-refractivity contribution in [3.05, 3.63) is 22.4 Å². The molecule has 0 N–H and O–H groups in total. The second kappa shape index (κ2) is 7.44. The Morgan fingerprint density at radius 2 is 1.81 bits per heavy atom. The first-order chi connectivity index (χ1) is 10.3. The van der Waals surface area contributed by atoms with Crippen LogP contribution in [0.15, 0.2) is 17.5 Å². The molecule has 1 amide bonds. The predicted molar refractivity (Wildman–Crippen MR) is 88.3 cm³/mol. The van der Waals surface area contributed by atoms with Gasteiger partial charge in [-0.1, -0.05) is 38.2 Å². The van der Waals surface area contributed by atoms with Gasteiger partial charge in [-0.3, -0.25) is 4.79 Å². The van der Waals surface area contributed by atoms with Gasteiger partial charge in [0.1, 0.15) is 0 Å². The number of nitrogens with zero attached hydrogens (tertiary/aromatic N) is 1. The summed E-state index contributed by atoms with van der Waals surface area (Å²) < 4.78 is 0. The standard InChI is InChI=1S/C18H27NOS/c20-18(13-15-7-2-1-3-8-15)19(16-9-4-5-10-16)14-17-11-6-12-21-17/h6,11-12,15-16H,1-5,7-10,13-14H2. The van der Waals surface area contributed by atoms with Crippen LogP contribution in [-0.2, 0) is 11.3 Å². The lowest BCUT2D eigenvalue weighted by Gasteiger charge is -2.31. The zero-order chi connectivity index (χ0) is 14.5. The second-order valence-corrected chi connectivity index (χ2v) is 7.78. The number of hydrogen-bond donors (Lipinski definition) is 0. The number of hydrogen-bond acceptors (Lipinski definition) is 2. The summed E-state index contributed by atoms with van der Waals surface area (Å²) in [6.45, 7) is 0.841. The van der Waals surface area contributed by atoms with Crippen LogP contribution in [0, 0.1) is 5.92 Å². The summed E-state index contributed by atoms with van der Waals surface area (Å²) in [5.41, 5.74) is 0. The summed E-state index contributed by atoms with van der Waals surface area (Å²) in [6.07, 6.45) is 12.4. The summed E-state index contributed by atoms with van der Waals surface area (Å²) in [7, 11) is 0. The smallest absolute Gasteiger partial charge is 0.223 e. The van der Waals surface area contributed by atoms with Crippen molar-refractivity contribution < 1.29 is 4.79 Å². The molecule has 2 nitrogen and oxygen atoms in total.